The second kappa shape index (κ2) is 7.76. The first kappa shape index (κ1) is 18.1. The van der Waals surface area contributed by atoms with Crippen LogP contribution in [0.25, 0.3) is 11.3 Å². The number of carbonyl (C=O) groups is 1. The summed E-state index contributed by atoms with van der Waals surface area (Å²) in [4.78, 5) is 14.8. The number of hydrogen-bond acceptors (Lipinski definition) is 4. The normalized spacial score (nSPS) is 18.6. The van der Waals surface area contributed by atoms with E-state index in [1.165, 1.54) is 31.5 Å². The van der Waals surface area contributed by atoms with Crippen molar-refractivity contribution in [1.82, 2.24) is 15.4 Å². The zero-order valence-electron chi connectivity index (χ0n) is 15.1. The van der Waals surface area contributed by atoms with E-state index in [2.05, 4.69) is 15.4 Å². The highest BCUT2D eigenvalue weighted by Crippen LogP contribution is 2.31. The van der Waals surface area contributed by atoms with Gasteiger partial charge >= 0.3 is 0 Å². The standard InChI is InChI=1S/C20H23F2N3O2/c21-15-3-4-16(17(22)9-15)19-10-18(24-27-19)20(26)23-11-13-5-7-25(8-6-13)12-14-1-2-14/h3-4,9-10,13-14H,1-2,5-8,11-12H2,(H,23,26). The first-order chi connectivity index (χ1) is 13.1. The van der Waals surface area contributed by atoms with Gasteiger partial charge in [-0.25, -0.2) is 8.78 Å². The van der Waals surface area contributed by atoms with Gasteiger partial charge in [-0.3, -0.25) is 4.79 Å². The lowest BCUT2D eigenvalue weighted by Crippen LogP contribution is -2.39. The van der Waals surface area contributed by atoms with E-state index in [0.717, 1.165) is 44.0 Å². The SMILES string of the molecule is O=C(NCC1CCN(CC2CC2)CC1)c1cc(-c2ccc(F)cc2F)on1. The van der Waals surface area contributed by atoms with Crippen molar-refractivity contribution in [2.24, 2.45) is 11.8 Å². The van der Waals surface area contributed by atoms with Crippen molar-refractivity contribution in [2.75, 3.05) is 26.2 Å². The first-order valence-electron chi connectivity index (χ1n) is 9.51. The van der Waals surface area contributed by atoms with Crippen molar-refractivity contribution in [3.05, 3.63) is 41.6 Å². The van der Waals surface area contributed by atoms with Crippen LogP contribution in [0.5, 0.6) is 0 Å². The number of halogens is 2. The summed E-state index contributed by atoms with van der Waals surface area (Å²) < 4.78 is 31.9. The number of likely N-dealkylation sites (tertiary alicyclic amines) is 1. The summed E-state index contributed by atoms with van der Waals surface area (Å²) in [6.45, 7) is 4.01. The minimum absolute atomic E-state index is 0.0750. The monoisotopic (exact) mass is 375 g/mol. The average molecular weight is 375 g/mol. The van der Waals surface area contributed by atoms with E-state index in [1.807, 2.05) is 0 Å². The molecule has 0 bridgehead atoms. The highest BCUT2D eigenvalue weighted by Gasteiger charge is 2.27. The van der Waals surface area contributed by atoms with Gasteiger partial charge in [0.05, 0.1) is 5.56 Å². The lowest BCUT2D eigenvalue weighted by Gasteiger charge is -2.31. The Morgan fingerprint density at radius 2 is 1.93 bits per heavy atom. The number of piperidine rings is 1. The molecule has 1 aliphatic heterocycles. The number of aromatic nitrogens is 1. The number of nitrogens with zero attached hydrogens (tertiary/aromatic N) is 2. The number of amides is 1. The highest BCUT2D eigenvalue weighted by molar-refractivity contribution is 5.93. The molecule has 1 saturated heterocycles. The highest BCUT2D eigenvalue weighted by atomic mass is 19.1. The second-order valence-corrected chi connectivity index (χ2v) is 7.60. The van der Waals surface area contributed by atoms with Crippen molar-refractivity contribution in [2.45, 2.75) is 25.7 Å². The van der Waals surface area contributed by atoms with Crippen LogP contribution in [-0.2, 0) is 0 Å². The molecule has 1 aromatic carbocycles. The number of rotatable bonds is 6. The average Bonchev–Trinajstić information content (AvgIpc) is 3.33. The van der Waals surface area contributed by atoms with Crippen molar-refractivity contribution >= 4 is 5.91 Å². The van der Waals surface area contributed by atoms with Crippen LogP contribution in [0.3, 0.4) is 0 Å². The Bertz CT molecular complexity index is 811. The summed E-state index contributed by atoms with van der Waals surface area (Å²) >= 11 is 0. The lowest BCUT2D eigenvalue weighted by molar-refractivity contribution is 0.0926. The van der Waals surface area contributed by atoms with E-state index in [1.54, 1.807) is 0 Å². The molecule has 2 fully saturated rings. The summed E-state index contributed by atoms with van der Waals surface area (Å²) in [5, 5.41) is 6.61. The zero-order chi connectivity index (χ0) is 18.8. The van der Waals surface area contributed by atoms with Crippen LogP contribution in [0.4, 0.5) is 8.78 Å². The van der Waals surface area contributed by atoms with Crippen molar-refractivity contribution < 1.29 is 18.1 Å². The predicted molar refractivity (Wildman–Crippen MR) is 96.1 cm³/mol. The summed E-state index contributed by atoms with van der Waals surface area (Å²) in [7, 11) is 0. The second-order valence-electron chi connectivity index (χ2n) is 7.60. The van der Waals surface area contributed by atoms with E-state index in [0.29, 0.717) is 12.5 Å². The van der Waals surface area contributed by atoms with E-state index < -0.39 is 11.6 Å². The Kier molecular flexibility index (Phi) is 5.20. The van der Waals surface area contributed by atoms with Gasteiger partial charge in [0.1, 0.15) is 11.6 Å². The molecule has 1 N–H and O–H groups in total. The topological polar surface area (TPSA) is 58.4 Å². The molecular formula is C20H23F2N3O2. The molecule has 1 amide bonds. The van der Waals surface area contributed by atoms with E-state index in [-0.39, 0.29) is 22.9 Å². The number of hydrogen-bond donors (Lipinski definition) is 1. The quantitative estimate of drug-likeness (QED) is 0.840. The largest absolute Gasteiger partial charge is 0.355 e. The Labute approximate surface area is 156 Å². The molecule has 2 aromatic rings. The lowest BCUT2D eigenvalue weighted by atomic mass is 9.96. The molecule has 4 rings (SSSR count). The summed E-state index contributed by atoms with van der Waals surface area (Å²) in [6.07, 6.45) is 4.91. The van der Waals surface area contributed by atoms with Crippen LogP contribution < -0.4 is 5.32 Å². The molecule has 144 valence electrons. The van der Waals surface area contributed by atoms with Crippen LogP contribution in [0.2, 0.25) is 0 Å². The molecule has 1 aliphatic carbocycles. The molecule has 0 radical (unpaired) electrons. The smallest absolute Gasteiger partial charge is 0.273 e. The van der Waals surface area contributed by atoms with Gasteiger partial charge in [0.25, 0.3) is 5.91 Å². The molecule has 5 nitrogen and oxygen atoms in total. The fourth-order valence-electron chi connectivity index (χ4n) is 3.56. The van der Waals surface area contributed by atoms with E-state index in [9.17, 15) is 13.6 Å². The molecule has 2 aliphatic rings. The van der Waals surface area contributed by atoms with Gasteiger partial charge in [-0.05, 0) is 62.7 Å². The summed E-state index contributed by atoms with van der Waals surface area (Å²) in [5.41, 5.74) is 0.172. The molecular weight excluding hydrogens is 352 g/mol. The van der Waals surface area contributed by atoms with Crippen molar-refractivity contribution in [3.8, 4) is 11.3 Å². The molecule has 0 spiro atoms. The van der Waals surface area contributed by atoms with Crippen molar-refractivity contribution in [3.63, 3.8) is 0 Å². The van der Waals surface area contributed by atoms with Crippen LogP contribution in [0.1, 0.15) is 36.2 Å². The third kappa shape index (κ3) is 4.53. The Balaban J connectivity index is 1.28. The Hall–Kier alpha value is -2.28. The predicted octanol–water partition coefficient (Wildman–Crippen LogP) is 3.47. The maximum Gasteiger partial charge on any atom is 0.273 e. The van der Waals surface area contributed by atoms with Gasteiger partial charge in [-0.1, -0.05) is 5.16 Å². The number of benzene rings is 1. The van der Waals surface area contributed by atoms with Gasteiger partial charge in [0.15, 0.2) is 11.5 Å². The van der Waals surface area contributed by atoms with Crippen LogP contribution in [0.15, 0.2) is 28.8 Å². The van der Waals surface area contributed by atoms with Gasteiger partial charge < -0.3 is 14.7 Å². The van der Waals surface area contributed by atoms with E-state index in [4.69, 9.17) is 4.52 Å². The third-order valence-electron chi connectivity index (χ3n) is 5.41. The van der Waals surface area contributed by atoms with Gasteiger partial charge in [0, 0.05) is 25.2 Å². The summed E-state index contributed by atoms with van der Waals surface area (Å²) in [5.74, 6) is -0.286. The van der Waals surface area contributed by atoms with Crippen molar-refractivity contribution in [1.29, 1.82) is 0 Å². The van der Waals surface area contributed by atoms with E-state index >= 15 is 0 Å². The van der Waals surface area contributed by atoms with Gasteiger partial charge in [0.2, 0.25) is 0 Å². The number of carbonyl (C=O) groups excluding carboxylic acids is 1. The molecule has 2 heterocycles. The third-order valence-corrected chi connectivity index (χ3v) is 5.41. The fraction of sp³-hybridized carbons (Fsp3) is 0.500. The van der Waals surface area contributed by atoms with Crippen LogP contribution in [0, 0.1) is 23.5 Å². The van der Waals surface area contributed by atoms with Crippen LogP contribution in [-0.4, -0.2) is 42.1 Å². The molecule has 7 heteroatoms. The van der Waals surface area contributed by atoms with Crippen LogP contribution >= 0.6 is 0 Å². The zero-order valence-corrected chi connectivity index (χ0v) is 15.1. The Morgan fingerprint density at radius 1 is 1.15 bits per heavy atom. The minimum Gasteiger partial charge on any atom is -0.355 e. The maximum atomic E-state index is 13.8. The van der Waals surface area contributed by atoms with Gasteiger partial charge in [-0.2, -0.15) is 0 Å². The minimum atomic E-state index is -0.754. The number of nitrogens with one attached hydrogen (secondary N) is 1. The summed E-state index contributed by atoms with van der Waals surface area (Å²) in [6, 6.07) is 4.55. The fourth-order valence-corrected chi connectivity index (χ4v) is 3.56. The maximum absolute atomic E-state index is 13.8. The molecule has 0 atom stereocenters. The Morgan fingerprint density at radius 3 is 2.63 bits per heavy atom. The molecule has 1 saturated carbocycles. The molecule has 1 aromatic heterocycles. The molecule has 0 unspecified atom stereocenters. The first-order valence-corrected chi connectivity index (χ1v) is 9.51. The molecule has 27 heavy (non-hydrogen) atoms. The van der Waals surface area contributed by atoms with Gasteiger partial charge in [-0.15, -0.1) is 0 Å².